The van der Waals surface area contributed by atoms with E-state index in [0.717, 1.165) is 34.6 Å². The SMILES string of the molecule is COc1ccc(C(Cc2cccc(-c3ccoc3)c2)c2c[nH]c(N)n2)cc1. The lowest BCUT2D eigenvalue weighted by atomic mass is 9.89. The van der Waals surface area contributed by atoms with Gasteiger partial charge in [-0.3, -0.25) is 0 Å². The minimum absolute atomic E-state index is 0.0871. The van der Waals surface area contributed by atoms with Gasteiger partial charge in [0.25, 0.3) is 0 Å². The third-order valence-corrected chi connectivity index (χ3v) is 4.71. The summed E-state index contributed by atoms with van der Waals surface area (Å²) in [6.45, 7) is 0. The zero-order chi connectivity index (χ0) is 18.6. The number of nitrogen functional groups attached to an aromatic ring is 1. The zero-order valence-corrected chi connectivity index (χ0v) is 15.1. The van der Waals surface area contributed by atoms with Gasteiger partial charge in [-0.2, -0.15) is 0 Å². The number of nitrogens with zero attached hydrogens (tertiary/aromatic N) is 1. The Kier molecular flexibility index (Phi) is 4.66. The van der Waals surface area contributed by atoms with E-state index in [-0.39, 0.29) is 5.92 Å². The number of nitrogens with one attached hydrogen (secondary N) is 1. The highest BCUT2D eigenvalue weighted by Gasteiger charge is 2.18. The molecule has 0 radical (unpaired) electrons. The number of methoxy groups -OCH3 is 1. The number of hydrogen-bond donors (Lipinski definition) is 2. The fourth-order valence-electron chi connectivity index (χ4n) is 3.30. The fourth-order valence-corrected chi connectivity index (χ4v) is 3.30. The molecule has 1 atom stereocenters. The summed E-state index contributed by atoms with van der Waals surface area (Å²) in [5, 5.41) is 0. The van der Waals surface area contributed by atoms with Crippen molar-refractivity contribution in [1.82, 2.24) is 9.97 Å². The molecule has 27 heavy (non-hydrogen) atoms. The first kappa shape index (κ1) is 17.0. The van der Waals surface area contributed by atoms with E-state index in [1.807, 2.05) is 24.4 Å². The van der Waals surface area contributed by atoms with Crippen molar-refractivity contribution in [2.75, 3.05) is 12.8 Å². The van der Waals surface area contributed by atoms with Crippen LogP contribution in [0.1, 0.15) is 22.7 Å². The number of imidazole rings is 1. The fraction of sp³-hybridized carbons (Fsp3) is 0.136. The first-order valence-electron chi connectivity index (χ1n) is 8.79. The maximum Gasteiger partial charge on any atom is 0.197 e. The number of furan rings is 1. The van der Waals surface area contributed by atoms with Crippen LogP contribution in [0.2, 0.25) is 0 Å². The van der Waals surface area contributed by atoms with Gasteiger partial charge < -0.3 is 19.9 Å². The molecular weight excluding hydrogens is 338 g/mol. The molecule has 0 spiro atoms. The number of hydrogen-bond acceptors (Lipinski definition) is 4. The number of H-pyrrole nitrogens is 1. The van der Waals surface area contributed by atoms with E-state index in [1.165, 1.54) is 5.56 Å². The van der Waals surface area contributed by atoms with E-state index in [0.29, 0.717) is 5.95 Å². The summed E-state index contributed by atoms with van der Waals surface area (Å²) in [5.41, 5.74) is 11.3. The average molecular weight is 359 g/mol. The van der Waals surface area contributed by atoms with E-state index in [2.05, 4.69) is 46.4 Å². The Hall–Kier alpha value is -3.47. The molecule has 0 bridgehead atoms. The summed E-state index contributed by atoms with van der Waals surface area (Å²) in [4.78, 5) is 7.46. The van der Waals surface area contributed by atoms with Crippen LogP contribution in [0.15, 0.2) is 77.7 Å². The van der Waals surface area contributed by atoms with Crippen LogP contribution in [0.5, 0.6) is 5.75 Å². The highest BCUT2D eigenvalue weighted by Crippen LogP contribution is 2.30. The first-order chi connectivity index (χ1) is 13.2. The number of aromatic amines is 1. The molecule has 3 N–H and O–H groups in total. The van der Waals surface area contributed by atoms with Crippen LogP contribution >= 0.6 is 0 Å². The Labute approximate surface area is 157 Å². The van der Waals surface area contributed by atoms with Crippen LogP contribution in [0.25, 0.3) is 11.1 Å². The Morgan fingerprint density at radius 2 is 1.96 bits per heavy atom. The molecule has 2 aromatic heterocycles. The lowest BCUT2D eigenvalue weighted by molar-refractivity contribution is 0.414. The van der Waals surface area contributed by atoms with Gasteiger partial charge in [-0.15, -0.1) is 0 Å². The zero-order valence-electron chi connectivity index (χ0n) is 15.1. The number of ether oxygens (including phenoxy) is 1. The Morgan fingerprint density at radius 3 is 2.63 bits per heavy atom. The number of nitrogens with two attached hydrogens (primary N) is 1. The molecular formula is C22H21N3O2. The second-order valence-corrected chi connectivity index (χ2v) is 6.45. The maximum atomic E-state index is 5.82. The van der Waals surface area contributed by atoms with Crippen LogP contribution in [0, 0.1) is 0 Å². The lowest BCUT2D eigenvalue weighted by Crippen LogP contribution is -2.06. The summed E-state index contributed by atoms with van der Waals surface area (Å²) < 4.78 is 10.5. The van der Waals surface area contributed by atoms with Crippen LogP contribution in [0.4, 0.5) is 5.95 Å². The summed E-state index contributed by atoms with van der Waals surface area (Å²) in [6, 6.07) is 18.6. The largest absolute Gasteiger partial charge is 0.497 e. The minimum atomic E-state index is 0.0871. The van der Waals surface area contributed by atoms with E-state index in [9.17, 15) is 0 Å². The lowest BCUT2D eigenvalue weighted by Gasteiger charge is -2.16. The van der Waals surface area contributed by atoms with Crippen LogP contribution in [0.3, 0.4) is 0 Å². The summed E-state index contributed by atoms with van der Waals surface area (Å²) in [5.74, 6) is 1.35. The van der Waals surface area contributed by atoms with Crippen LogP contribution in [-0.4, -0.2) is 17.1 Å². The molecule has 0 aliphatic heterocycles. The number of rotatable bonds is 6. The Bertz CT molecular complexity index is 1000. The molecule has 0 saturated heterocycles. The first-order valence-corrected chi connectivity index (χ1v) is 8.79. The molecule has 2 heterocycles. The second-order valence-electron chi connectivity index (χ2n) is 6.45. The van der Waals surface area contributed by atoms with E-state index in [4.69, 9.17) is 14.9 Å². The highest BCUT2D eigenvalue weighted by molar-refractivity contribution is 5.62. The Morgan fingerprint density at radius 1 is 1.11 bits per heavy atom. The standard InChI is InChI=1S/C22H21N3O2/c1-26-19-7-5-16(6-8-19)20(21-13-24-22(23)25-21)12-15-3-2-4-17(11-15)18-9-10-27-14-18/h2-11,13-14,20H,12H2,1H3,(H3,23,24,25). The molecule has 0 aliphatic rings. The molecule has 0 amide bonds. The number of aromatic nitrogens is 2. The van der Waals surface area contributed by atoms with Crippen LogP contribution < -0.4 is 10.5 Å². The van der Waals surface area contributed by atoms with Gasteiger partial charge in [0.1, 0.15) is 5.75 Å². The Balaban J connectivity index is 1.68. The van der Waals surface area contributed by atoms with Crippen molar-refractivity contribution in [1.29, 1.82) is 0 Å². The third kappa shape index (κ3) is 3.72. The van der Waals surface area contributed by atoms with Crippen molar-refractivity contribution in [2.45, 2.75) is 12.3 Å². The molecule has 4 rings (SSSR count). The quantitative estimate of drug-likeness (QED) is 0.526. The van der Waals surface area contributed by atoms with Gasteiger partial charge in [-0.1, -0.05) is 36.4 Å². The maximum absolute atomic E-state index is 5.82. The molecule has 136 valence electrons. The van der Waals surface area contributed by atoms with Gasteiger partial charge in [0.05, 0.1) is 25.3 Å². The van der Waals surface area contributed by atoms with Crippen molar-refractivity contribution in [3.8, 4) is 16.9 Å². The van der Waals surface area contributed by atoms with Crippen molar-refractivity contribution in [3.63, 3.8) is 0 Å². The summed E-state index contributed by atoms with van der Waals surface area (Å²) >= 11 is 0. The number of benzene rings is 2. The highest BCUT2D eigenvalue weighted by atomic mass is 16.5. The average Bonchev–Trinajstić information content (AvgIpc) is 3.38. The molecule has 5 nitrogen and oxygen atoms in total. The van der Waals surface area contributed by atoms with Crippen molar-refractivity contribution in [2.24, 2.45) is 0 Å². The van der Waals surface area contributed by atoms with Crippen LogP contribution in [-0.2, 0) is 6.42 Å². The minimum Gasteiger partial charge on any atom is -0.497 e. The second kappa shape index (κ2) is 7.41. The number of anilines is 1. The smallest absolute Gasteiger partial charge is 0.197 e. The van der Waals surface area contributed by atoms with Crippen molar-refractivity contribution >= 4 is 5.95 Å². The topological polar surface area (TPSA) is 77.1 Å². The van der Waals surface area contributed by atoms with Gasteiger partial charge >= 0.3 is 0 Å². The predicted molar refractivity (Wildman–Crippen MR) is 106 cm³/mol. The van der Waals surface area contributed by atoms with E-state index < -0.39 is 0 Å². The molecule has 0 saturated carbocycles. The van der Waals surface area contributed by atoms with Crippen molar-refractivity contribution in [3.05, 3.63) is 90.1 Å². The third-order valence-electron chi connectivity index (χ3n) is 4.71. The van der Waals surface area contributed by atoms with Gasteiger partial charge in [-0.25, -0.2) is 4.98 Å². The normalized spacial score (nSPS) is 12.0. The van der Waals surface area contributed by atoms with E-state index in [1.54, 1.807) is 19.6 Å². The molecule has 0 aliphatic carbocycles. The van der Waals surface area contributed by atoms with E-state index >= 15 is 0 Å². The van der Waals surface area contributed by atoms with Gasteiger partial charge in [0.15, 0.2) is 5.95 Å². The molecule has 0 fully saturated rings. The monoisotopic (exact) mass is 359 g/mol. The van der Waals surface area contributed by atoms with Gasteiger partial charge in [0, 0.05) is 17.7 Å². The summed E-state index contributed by atoms with van der Waals surface area (Å²) in [7, 11) is 1.67. The molecule has 2 aromatic carbocycles. The molecule has 4 aromatic rings. The van der Waals surface area contributed by atoms with Gasteiger partial charge in [-0.05, 0) is 41.3 Å². The molecule has 1 unspecified atom stereocenters. The predicted octanol–water partition coefficient (Wildman–Crippen LogP) is 4.64. The molecule has 5 heteroatoms. The summed E-state index contributed by atoms with van der Waals surface area (Å²) in [6.07, 6.45) is 6.13. The van der Waals surface area contributed by atoms with Crippen molar-refractivity contribution < 1.29 is 9.15 Å². The van der Waals surface area contributed by atoms with Gasteiger partial charge in [0.2, 0.25) is 0 Å².